The van der Waals surface area contributed by atoms with Gasteiger partial charge in [-0.2, -0.15) is 0 Å². The van der Waals surface area contributed by atoms with Crippen molar-refractivity contribution < 1.29 is 14.6 Å². The summed E-state index contributed by atoms with van der Waals surface area (Å²) in [7, 11) is 2.14. The molecule has 1 unspecified atom stereocenters. The molecule has 0 aromatic carbocycles. The van der Waals surface area contributed by atoms with Crippen LogP contribution in [0.3, 0.4) is 0 Å². The molecule has 1 N–H and O–H groups in total. The van der Waals surface area contributed by atoms with E-state index in [9.17, 15) is 9.90 Å². The lowest BCUT2D eigenvalue weighted by Crippen LogP contribution is -2.56. The molecule has 1 fully saturated rings. The lowest BCUT2D eigenvalue weighted by Gasteiger charge is -2.53. The fourth-order valence-corrected chi connectivity index (χ4v) is 5.46. The first-order valence-electron chi connectivity index (χ1n) is 10.9. The fraction of sp³-hybridized carbons (Fsp3) is 0.667. The van der Waals surface area contributed by atoms with Crippen LogP contribution in [0, 0.1) is 23.7 Å². The second-order valence-corrected chi connectivity index (χ2v) is 9.37. The summed E-state index contributed by atoms with van der Waals surface area (Å²) in [6, 6.07) is 6.03. The predicted molar refractivity (Wildman–Crippen MR) is 114 cm³/mol. The monoisotopic (exact) mass is 400 g/mol. The SMILES string of the molecule is CC(=O)O[C@@H]1C[C@@]2(O)[C@H](C)CC[C@@H](C(C)CN(C)Cc3ccccn3)[C@H]2C=C1C. The number of ether oxygens (including phenoxy) is 1. The van der Waals surface area contributed by atoms with Crippen molar-refractivity contribution in [3.63, 3.8) is 0 Å². The number of nitrogens with zero attached hydrogens (tertiary/aromatic N) is 2. The van der Waals surface area contributed by atoms with Crippen LogP contribution in [-0.4, -0.2) is 46.3 Å². The first kappa shape index (κ1) is 22.0. The summed E-state index contributed by atoms with van der Waals surface area (Å²) in [4.78, 5) is 18.3. The first-order valence-corrected chi connectivity index (χ1v) is 10.9. The zero-order chi connectivity index (χ0) is 21.2. The first-order chi connectivity index (χ1) is 13.7. The van der Waals surface area contributed by atoms with Gasteiger partial charge in [0.1, 0.15) is 6.10 Å². The van der Waals surface area contributed by atoms with Crippen molar-refractivity contribution in [1.82, 2.24) is 9.88 Å². The van der Waals surface area contributed by atoms with Crippen LogP contribution in [0.25, 0.3) is 0 Å². The Kier molecular flexibility index (Phi) is 6.79. The highest BCUT2D eigenvalue weighted by Gasteiger charge is 2.52. The zero-order valence-corrected chi connectivity index (χ0v) is 18.5. The lowest BCUT2D eigenvalue weighted by atomic mass is 9.57. The maximum absolute atomic E-state index is 11.7. The van der Waals surface area contributed by atoms with Crippen molar-refractivity contribution in [2.75, 3.05) is 13.6 Å². The van der Waals surface area contributed by atoms with Gasteiger partial charge in [-0.25, -0.2) is 0 Å². The third kappa shape index (κ3) is 4.89. The van der Waals surface area contributed by atoms with Gasteiger partial charge < -0.3 is 14.7 Å². The maximum atomic E-state index is 11.7. The van der Waals surface area contributed by atoms with E-state index in [1.807, 2.05) is 25.3 Å². The Morgan fingerprint density at radius 2 is 2.17 bits per heavy atom. The molecule has 2 aliphatic carbocycles. The van der Waals surface area contributed by atoms with Crippen molar-refractivity contribution in [3.8, 4) is 0 Å². The highest BCUT2D eigenvalue weighted by molar-refractivity contribution is 5.66. The van der Waals surface area contributed by atoms with Crippen LogP contribution >= 0.6 is 0 Å². The maximum Gasteiger partial charge on any atom is 0.303 e. The molecule has 0 spiro atoms. The number of aliphatic hydroxyl groups is 1. The highest BCUT2D eigenvalue weighted by Crippen LogP contribution is 2.51. The molecule has 1 saturated carbocycles. The van der Waals surface area contributed by atoms with Crippen LogP contribution in [0.15, 0.2) is 36.0 Å². The van der Waals surface area contributed by atoms with E-state index in [0.29, 0.717) is 18.3 Å². The van der Waals surface area contributed by atoms with E-state index in [4.69, 9.17) is 4.74 Å². The van der Waals surface area contributed by atoms with Crippen LogP contribution in [0.1, 0.15) is 52.7 Å². The molecular formula is C24H36N2O3. The van der Waals surface area contributed by atoms with E-state index in [0.717, 1.165) is 37.2 Å². The summed E-state index contributed by atoms with van der Waals surface area (Å²) in [5.74, 6) is 0.882. The van der Waals surface area contributed by atoms with Gasteiger partial charge in [-0.15, -0.1) is 0 Å². The standard InChI is InChI=1S/C24H36N2O3/c1-16-12-22-21(17(2)14-26(5)15-20-8-6-7-11-25-20)10-9-18(3)24(22,28)13-23(16)29-19(4)27/h6-8,11-12,17-18,21-23,28H,9-10,13-15H2,1-5H3/t17?,18-,21+,22-,23-,24-/m1/s1. The molecule has 6 atom stereocenters. The number of hydrogen-bond donors (Lipinski definition) is 1. The summed E-state index contributed by atoms with van der Waals surface area (Å²) in [6.45, 7) is 9.70. The second-order valence-electron chi connectivity index (χ2n) is 9.37. The molecule has 0 amide bonds. The Morgan fingerprint density at radius 1 is 1.41 bits per heavy atom. The number of aromatic nitrogens is 1. The van der Waals surface area contributed by atoms with Crippen molar-refractivity contribution in [2.45, 2.75) is 65.2 Å². The Hall–Kier alpha value is -1.72. The molecule has 1 heterocycles. The van der Waals surface area contributed by atoms with Crippen LogP contribution in [0.5, 0.6) is 0 Å². The number of hydrogen-bond acceptors (Lipinski definition) is 5. The summed E-state index contributed by atoms with van der Waals surface area (Å²) in [6.07, 6.45) is 6.36. The molecule has 1 aromatic rings. The van der Waals surface area contributed by atoms with Crippen molar-refractivity contribution >= 4 is 5.97 Å². The van der Waals surface area contributed by atoms with E-state index < -0.39 is 5.60 Å². The van der Waals surface area contributed by atoms with Crippen LogP contribution in [0.4, 0.5) is 0 Å². The molecule has 2 aliphatic rings. The van der Waals surface area contributed by atoms with Crippen LogP contribution in [0.2, 0.25) is 0 Å². The van der Waals surface area contributed by atoms with Gasteiger partial charge in [-0.1, -0.05) is 26.0 Å². The van der Waals surface area contributed by atoms with Gasteiger partial charge in [0.15, 0.2) is 0 Å². The average molecular weight is 401 g/mol. The largest absolute Gasteiger partial charge is 0.458 e. The van der Waals surface area contributed by atoms with Crippen molar-refractivity contribution in [2.24, 2.45) is 23.7 Å². The highest BCUT2D eigenvalue weighted by atomic mass is 16.5. The fourth-order valence-electron chi connectivity index (χ4n) is 5.46. The smallest absolute Gasteiger partial charge is 0.303 e. The van der Waals surface area contributed by atoms with Crippen LogP contribution in [-0.2, 0) is 16.1 Å². The molecule has 3 rings (SSSR count). The number of fused-ring (bicyclic) bond motifs is 1. The molecule has 5 heteroatoms. The summed E-state index contributed by atoms with van der Waals surface area (Å²) in [5.41, 5.74) is 1.34. The number of rotatable bonds is 6. The molecule has 0 bridgehead atoms. The minimum atomic E-state index is -0.809. The molecule has 1 aromatic heterocycles. The molecule has 0 saturated heterocycles. The Morgan fingerprint density at radius 3 is 2.83 bits per heavy atom. The van der Waals surface area contributed by atoms with E-state index >= 15 is 0 Å². The minimum Gasteiger partial charge on any atom is -0.458 e. The second kappa shape index (κ2) is 8.97. The predicted octanol–water partition coefficient (Wildman–Crippen LogP) is 3.82. The lowest BCUT2D eigenvalue weighted by molar-refractivity contribution is -0.159. The van der Waals surface area contributed by atoms with E-state index in [-0.39, 0.29) is 23.9 Å². The molecule has 5 nitrogen and oxygen atoms in total. The number of carbonyl (C=O) groups excluding carboxylic acids is 1. The van der Waals surface area contributed by atoms with Gasteiger partial charge in [0.05, 0.1) is 11.3 Å². The Balaban J connectivity index is 1.73. The number of pyridine rings is 1. The third-order valence-electron chi connectivity index (χ3n) is 7.08. The topological polar surface area (TPSA) is 62.7 Å². The molecule has 0 radical (unpaired) electrons. The van der Waals surface area contributed by atoms with Crippen LogP contribution < -0.4 is 0 Å². The average Bonchev–Trinajstić information content (AvgIpc) is 2.64. The van der Waals surface area contributed by atoms with Crippen molar-refractivity contribution in [1.29, 1.82) is 0 Å². The van der Waals surface area contributed by atoms with E-state index in [1.165, 1.54) is 6.92 Å². The quantitative estimate of drug-likeness (QED) is 0.581. The normalized spacial score (nSPS) is 33.0. The van der Waals surface area contributed by atoms with Crippen molar-refractivity contribution in [3.05, 3.63) is 41.7 Å². The van der Waals surface area contributed by atoms with Gasteiger partial charge in [0.2, 0.25) is 0 Å². The molecule has 0 aliphatic heterocycles. The van der Waals surface area contributed by atoms with Gasteiger partial charge in [0.25, 0.3) is 0 Å². The Labute approximate surface area is 175 Å². The summed E-state index contributed by atoms with van der Waals surface area (Å²) in [5, 5.41) is 11.7. The molecule has 160 valence electrons. The third-order valence-corrected chi connectivity index (χ3v) is 7.08. The van der Waals surface area contributed by atoms with Gasteiger partial charge >= 0.3 is 5.97 Å². The number of esters is 1. The summed E-state index contributed by atoms with van der Waals surface area (Å²) >= 11 is 0. The van der Waals surface area contributed by atoms with Gasteiger partial charge in [-0.05, 0) is 62.3 Å². The molecule has 29 heavy (non-hydrogen) atoms. The zero-order valence-electron chi connectivity index (χ0n) is 18.5. The Bertz CT molecular complexity index is 735. The number of carbonyl (C=O) groups is 1. The minimum absolute atomic E-state index is 0.108. The summed E-state index contributed by atoms with van der Waals surface area (Å²) < 4.78 is 5.51. The van der Waals surface area contributed by atoms with E-state index in [1.54, 1.807) is 0 Å². The van der Waals surface area contributed by atoms with Gasteiger partial charge in [0, 0.05) is 38.5 Å². The van der Waals surface area contributed by atoms with E-state index in [2.05, 4.69) is 42.9 Å². The molecular weight excluding hydrogens is 364 g/mol. The van der Waals surface area contributed by atoms with Gasteiger partial charge in [-0.3, -0.25) is 9.78 Å².